The normalized spacial score (nSPS) is 14.3. The van der Waals surface area contributed by atoms with E-state index in [-0.39, 0.29) is 0 Å². The van der Waals surface area contributed by atoms with Crippen LogP contribution in [0.2, 0.25) is 0 Å². The number of hydrogen-bond acceptors (Lipinski definition) is 5. The number of hydrogen-bond donors (Lipinski definition) is 0. The smallest absolute Gasteiger partial charge is 0.234 e. The van der Waals surface area contributed by atoms with E-state index >= 15 is 0 Å². The van der Waals surface area contributed by atoms with Crippen molar-refractivity contribution in [3.05, 3.63) is 71.9 Å². The monoisotopic (exact) mass is 417 g/mol. The van der Waals surface area contributed by atoms with E-state index < -0.39 is 0 Å². The first kappa shape index (κ1) is 21.3. The maximum Gasteiger partial charge on any atom is 0.234 e. The van der Waals surface area contributed by atoms with Crippen molar-refractivity contribution in [2.24, 2.45) is 5.92 Å². The predicted molar refractivity (Wildman–Crippen MR) is 123 cm³/mol. The van der Waals surface area contributed by atoms with E-state index in [1.165, 1.54) is 0 Å². The fraction of sp³-hybridized carbons (Fsp3) is 0.385. The minimum atomic E-state index is 0.563. The lowest BCUT2D eigenvalue weighted by Crippen LogP contribution is -2.46. The lowest BCUT2D eigenvalue weighted by molar-refractivity contribution is 0.0834. The molecule has 1 aliphatic heterocycles. The molecule has 0 atom stereocenters. The molecular formula is C26H31N3O2. The highest BCUT2D eigenvalue weighted by Gasteiger charge is 2.24. The molecule has 162 valence electrons. The maximum atomic E-state index is 5.97. The van der Waals surface area contributed by atoms with Crippen LogP contribution in [0.5, 0.6) is 11.6 Å². The number of aryl methyl sites for hydroxylation is 1. The van der Waals surface area contributed by atoms with Crippen LogP contribution in [0.15, 0.2) is 60.7 Å². The third kappa shape index (κ3) is 5.82. The predicted octanol–water partition coefficient (Wildman–Crippen LogP) is 5.01. The summed E-state index contributed by atoms with van der Waals surface area (Å²) in [7, 11) is 2.13. The Balaban J connectivity index is 1.46. The molecule has 0 amide bonds. The fourth-order valence-corrected chi connectivity index (χ4v) is 3.86. The first-order valence-electron chi connectivity index (χ1n) is 11.2. The number of ether oxygens (including phenoxy) is 2. The summed E-state index contributed by atoms with van der Waals surface area (Å²) in [5.41, 5.74) is 4.39. The molecule has 1 aromatic heterocycles. The van der Waals surface area contributed by atoms with E-state index in [2.05, 4.69) is 53.3 Å². The average molecular weight is 418 g/mol. The van der Waals surface area contributed by atoms with Gasteiger partial charge in [-0.15, -0.1) is 5.10 Å². The summed E-state index contributed by atoms with van der Waals surface area (Å²) in [6, 6.07) is 20.5. The van der Waals surface area contributed by atoms with E-state index in [1.54, 1.807) is 0 Å². The molecule has 4 rings (SSSR count). The molecular weight excluding hydrogens is 386 g/mol. The van der Waals surface area contributed by atoms with Gasteiger partial charge in [-0.1, -0.05) is 55.8 Å². The molecule has 0 aliphatic carbocycles. The molecule has 0 radical (unpaired) electrons. The molecule has 2 heterocycles. The van der Waals surface area contributed by atoms with Crippen molar-refractivity contribution in [1.29, 1.82) is 0 Å². The first-order valence-corrected chi connectivity index (χ1v) is 11.2. The lowest BCUT2D eigenvalue weighted by Gasteiger charge is -2.35. The lowest BCUT2D eigenvalue weighted by atomic mass is 10.0. The molecule has 31 heavy (non-hydrogen) atoms. The Labute approximate surface area is 185 Å². The van der Waals surface area contributed by atoms with Gasteiger partial charge in [0, 0.05) is 30.6 Å². The van der Waals surface area contributed by atoms with Gasteiger partial charge >= 0.3 is 0 Å². The summed E-state index contributed by atoms with van der Waals surface area (Å²) < 4.78 is 11.9. The molecule has 5 nitrogen and oxygen atoms in total. The quantitative estimate of drug-likeness (QED) is 0.464. The average Bonchev–Trinajstić information content (AvgIpc) is 2.80. The Morgan fingerprint density at radius 1 is 0.968 bits per heavy atom. The Morgan fingerprint density at radius 3 is 2.45 bits per heavy atom. The van der Waals surface area contributed by atoms with E-state index in [4.69, 9.17) is 9.47 Å². The van der Waals surface area contributed by atoms with Crippen molar-refractivity contribution < 1.29 is 9.47 Å². The summed E-state index contributed by atoms with van der Waals surface area (Å²) in [5.74, 6) is 2.04. The number of benzene rings is 2. The van der Waals surface area contributed by atoms with Gasteiger partial charge in [0.15, 0.2) is 0 Å². The molecule has 5 heteroatoms. The zero-order valence-corrected chi connectivity index (χ0v) is 18.5. The summed E-state index contributed by atoms with van der Waals surface area (Å²) in [4.78, 5) is 2.29. The minimum Gasteiger partial charge on any atom is -0.489 e. The first-order chi connectivity index (χ1) is 15.2. The van der Waals surface area contributed by atoms with Crippen LogP contribution in [-0.4, -0.2) is 41.8 Å². The van der Waals surface area contributed by atoms with Crippen molar-refractivity contribution in [3.8, 4) is 22.8 Å². The minimum absolute atomic E-state index is 0.563. The SMILES string of the molecule is CCCCc1nnc(OCC2CN(C)C2)cc1-c1ccc(OCc2ccccc2)cc1. The molecule has 0 saturated carbocycles. The molecule has 1 fully saturated rings. The van der Waals surface area contributed by atoms with Crippen LogP contribution in [0.3, 0.4) is 0 Å². The van der Waals surface area contributed by atoms with Crippen molar-refractivity contribution in [1.82, 2.24) is 15.1 Å². The third-order valence-electron chi connectivity index (χ3n) is 5.64. The standard InChI is InChI=1S/C26H31N3O2/c1-3-4-10-25-24(15-26(28-27-25)31-19-21-16-29(2)17-21)22-11-13-23(14-12-22)30-18-20-8-6-5-7-9-20/h5-9,11-15,21H,3-4,10,16-19H2,1-2H3. The maximum absolute atomic E-state index is 5.97. The van der Waals surface area contributed by atoms with Gasteiger partial charge in [-0.2, -0.15) is 5.10 Å². The zero-order valence-electron chi connectivity index (χ0n) is 18.5. The highest BCUT2D eigenvalue weighted by molar-refractivity contribution is 5.67. The number of likely N-dealkylation sites (tertiary alicyclic amines) is 1. The van der Waals surface area contributed by atoms with Crippen molar-refractivity contribution in [2.45, 2.75) is 32.8 Å². The van der Waals surface area contributed by atoms with Gasteiger partial charge in [0.2, 0.25) is 5.88 Å². The van der Waals surface area contributed by atoms with E-state index in [9.17, 15) is 0 Å². The Morgan fingerprint density at radius 2 is 1.74 bits per heavy atom. The molecule has 1 aliphatic rings. The van der Waals surface area contributed by atoms with E-state index in [1.807, 2.05) is 36.4 Å². The van der Waals surface area contributed by atoms with Crippen LogP contribution in [0.1, 0.15) is 31.0 Å². The zero-order chi connectivity index (χ0) is 21.5. The number of unbranched alkanes of at least 4 members (excludes halogenated alkanes) is 1. The van der Waals surface area contributed by atoms with Crippen LogP contribution in [0.4, 0.5) is 0 Å². The fourth-order valence-electron chi connectivity index (χ4n) is 3.86. The van der Waals surface area contributed by atoms with Crippen molar-refractivity contribution >= 4 is 0 Å². The topological polar surface area (TPSA) is 47.5 Å². The highest BCUT2D eigenvalue weighted by Crippen LogP contribution is 2.28. The molecule has 1 saturated heterocycles. The van der Waals surface area contributed by atoms with Gasteiger partial charge in [-0.05, 0) is 43.1 Å². The molecule has 3 aromatic rings. The van der Waals surface area contributed by atoms with E-state index in [0.717, 1.165) is 60.5 Å². The van der Waals surface area contributed by atoms with Gasteiger partial charge < -0.3 is 14.4 Å². The van der Waals surface area contributed by atoms with Gasteiger partial charge in [0.05, 0.1) is 12.3 Å². The van der Waals surface area contributed by atoms with Gasteiger partial charge in [-0.25, -0.2) is 0 Å². The van der Waals surface area contributed by atoms with Gasteiger partial charge in [0.25, 0.3) is 0 Å². The van der Waals surface area contributed by atoms with Crippen LogP contribution in [-0.2, 0) is 13.0 Å². The number of nitrogens with zero attached hydrogens (tertiary/aromatic N) is 3. The van der Waals surface area contributed by atoms with Crippen LogP contribution >= 0.6 is 0 Å². The van der Waals surface area contributed by atoms with Crippen LogP contribution in [0, 0.1) is 5.92 Å². The molecule has 2 aromatic carbocycles. The summed E-state index contributed by atoms with van der Waals surface area (Å²) >= 11 is 0. The van der Waals surface area contributed by atoms with Gasteiger partial charge in [0.1, 0.15) is 12.4 Å². The number of rotatable bonds is 10. The van der Waals surface area contributed by atoms with Gasteiger partial charge in [-0.3, -0.25) is 0 Å². The van der Waals surface area contributed by atoms with Crippen LogP contribution < -0.4 is 9.47 Å². The summed E-state index contributed by atoms with van der Waals surface area (Å²) in [6.07, 6.45) is 3.13. The largest absolute Gasteiger partial charge is 0.489 e. The molecule has 0 unspecified atom stereocenters. The summed E-state index contributed by atoms with van der Waals surface area (Å²) in [6.45, 7) is 5.61. The van der Waals surface area contributed by atoms with Crippen molar-refractivity contribution in [3.63, 3.8) is 0 Å². The third-order valence-corrected chi connectivity index (χ3v) is 5.64. The second kappa shape index (κ2) is 10.4. The second-order valence-corrected chi connectivity index (χ2v) is 8.34. The number of aromatic nitrogens is 2. The Hall–Kier alpha value is -2.92. The second-order valence-electron chi connectivity index (χ2n) is 8.34. The molecule has 0 bridgehead atoms. The highest BCUT2D eigenvalue weighted by atomic mass is 16.5. The molecule has 0 spiro atoms. The van der Waals surface area contributed by atoms with Crippen molar-refractivity contribution in [2.75, 3.05) is 26.7 Å². The Bertz CT molecular complexity index is 954. The molecule has 0 N–H and O–H groups in total. The van der Waals surface area contributed by atoms with E-state index in [0.29, 0.717) is 25.0 Å². The Kier molecular flexibility index (Phi) is 7.15. The van der Waals surface area contributed by atoms with Crippen LogP contribution in [0.25, 0.3) is 11.1 Å². The summed E-state index contributed by atoms with van der Waals surface area (Å²) in [5, 5.41) is 8.85.